The molecule has 0 radical (unpaired) electrons. The summed E-state index contributed by atoms with van der Waals surface area (Å²) >= 11 is 0. The molecular formula is C13H16N2O5. The average molecular weight is 280 g/mol. The highest BCUT2D eigenvalue weighted by molar-refractivity contribution is 5.96. The molecule has 7 nitrogen and oxygen atoms in total. The number of hydrogen-bond donors (Lipinski definition) is 4. The van der Waals surface area contributed by atoms with Crippen LogP contribution in [0.25, 0.3) is 0 Å². The molecule has 0 aliphatic carbocycles. The molecule has 0 aliphatic heterocycles. The van der Waals surface area contributed by atoms with Crippen LogP contribution in [0.1, 0.15) is 28.8 Å². The molecule has 7 heteroatoms. The van der Waals surface area contributed by atoms with Gasteiger partial charge in [0.05, 0.1) is 6.61 Å². The third-order valence-electron chi connectivity index (χ3n) is 2.68. The smallest absolute Gasteiger partial charge is 0.326 e. The molecule has 0 bridgehead atoms. The predicted octanol–water partition coefficient (Wildman–Crippen LogP) is -0.373. The Balaban J connectivity index is 2.69. The molecule has 2 amide bonds. The van der Waals surface area contributed by atoms with Crippen molar-refractivity contribution in [1.82, 2.24) is 5.32 Å². The van der Waals surface area contributed by atoms with Crippen LogP contribution in [0, 0.1) is 0 Å². The van der Waals surface area contributed by atoms with Gasteiger partial charge in [0, 0.05) is 12.0 Å². The van der Waals surface area contributed by atoms with Crippen molar-refractivity contribution in [1.29, 1.82) is 0 Å². The fourth-order valence-corrected chi connectivity index (χ4v) is 1.55. The molecule has 0 saturated carbocycles. The maximum absolute atomic E-state index is 11.9. The summed E-state index contributed by atoms with van der Waals surface area (Å²) < 4.78 is 0. The number of nitrogens with two attached hydrogens (primary N) is 1. The second-order valence-corrected chi connectivity index (χ2v) is 4.22. The fourth-order valence-electron chi connectivity index (χ4n) is 1.55. The molecule has 1 rings (SSSR count). The van der Waals surface area contributed by atoms with E-state index in [9.17, 15) is 14.4 Å². The van der Waals surface area contributed by atoms with E-state index in [-0.39, 0.29) is 25.0 Å². The number of nitrogens with one attached hydrogen (secondary N) is 1. The Bertz CT molecular complexity index is 498. The molecule has 1 atom stereocenters. The lowest BCUT2D eigenvalue weighted by atomic mass is 10.1. The minimum absolute atomic E-state index is 0.0644. The number of primary amides is 1. The van der Waals surface area contributed by atoms with E-state index in [0.717, 1.165) is 0 Å². The molecule has 0 heterocycles. The van der Waals surface area contributed by atoms with Crippen LogP contribution in [-0.4, -0.2) is 34.0 Å². The number of aliphatic hydroxyl groups is 1. The highest BCUT2D eigenvalue weighted by Gasteiger charge is 2.21. The molecular weight excluding hydrogens is 264 g/mol. The molecule has 0 aromatic heterocycles. The van der Waals surface area contributed by atoms with Gasteiger partial charge in [-0.05, 0) is 24.1 Å². The normalized spacial score (nSPS) is 11.7. The first-order chi connectivity index (χ1) is 9.43. The third kappa shape index (κ3) is 4.69. The fraction of sp³-hybridized carbons (Fsp3) is 0.308. The monoisotopic (exact) mass is 280 g/mol. The van der Waals surface area contributed by atoms with Gasteiger partial charge in [0.25, 0.3) is 5.91 Å². The standard InChI is InChI=1S/C13H16N2O5/c14-11(17)6-5-10(13(19)20)15-12(18)9-3-1-8(7-16)2-4-9/h1-4,10,16H,5-7H2,(H2,14,17)(H,15,18)(H,19,20)/t10-/m0/s1. The van der Waals surface area contributed by atoms with Crippen molar-refractivity contribution in [3.05, 3.63) is 35.4 Å². The Kier molecular flexibility index (Phi) is 5.67. The van der Waals surface area contributed by atoms with E-state index in [4.69, 9.17) is 15.9 Å². The minimum Gasteiger partial charge on any atom is -0.480 e. The van der Waals surface area contributed by atoms with Gasteiger partial charge in [-0.2, -0.15) is 0 Å². The number of carboxylic acid groups (broad SMARTS) is 1. The van der Waals surface area contributed by atoms with Gasteiger partial charge in [0.15, 0.2) is 0 Å². The Morgan fingerprint density at radius 3 is 2.25 bits per heavy atom. The molecule has 0 fully saturated rings. The van der Waals surface area contributed by atoms with E-state index in [1.807, 2.05) is 0 Å². The van der Waals surface area contributed by atoms with Crippen molar-refractivity contribution >= 4 is 17.8 Å². The van der Waals surface area contributed by atoms with Gasteiger partial charge in [-0.15, -0.1) is 0 Å². The summed E-state index contributed by atoms with van der Waals surface area (Å²) in [6.45, 7) is -0.141. The molecule has 0 saturated heterocycles. The Labute approximate surface area is 115 Å². The molecule has 20 heavy (non-hydrogen) atoms. The van der Waals surface area contributed by atoms with Crippen LogP contribution in [-0.2, 0) is 16.2 Å². The lowest BCUT2D eigenvalue weighted by Crippen LogP contribution is -2.41. The number of hydrogen-bond acceptors (Lipinski definition) is 4. The van der Waals surface area contributed by atoms with E-state index < -0.39 is 23.8 Å². The maximum Gasteiger partial charge on any atom is 0.326 e. The van der Waals surface area contributed by atoms with Gasteiger partial charge >= 0.3 is 5.97 Å². The molecule has 0 spiro atoms. The lowest BCUT2D eigenvalue weighted by Gasteiger charge is -2.13. The topological polar surface area (TPSA) is 130 Å². The molecule has 108 valence electrons. The Hall–Kier alpha value is -2.41. The van der Waals surface area contributed by atoms with Gasteiger partial charge in [-0.1, -0.05) is 12.1 Å². The zero-order valence-corrected chi connectivity index (χ0v) is 10.7. The third-order valence-corrected chi connectivity index (χ3v) is 2.68. The molecule has 1 aromatic rings. The summed E-state index contributed by atoms with van der Waals surface area (Å²) in [5, 5.41) is 20.2. The lowest BCUT2D eigenvalue weighted by molar-refractivity contribution is -0.139. The quantitative estimate of drug-likeness (QED) is 0.541. The van der Waals surface area contributed by atoms with Crippen molar-refractivity contribution in [2.75, 3.05) is 0 Å². The van der Waals surface area contributed by atoms with Gasteiger partial charge in [-0.3, -0.25) is 9.59 Å². The predicted molar refractivity (Wildman–Crippen MR) is 69.7 cm³/mol. The van der Waals surface area contributed by atoms with Crippen molar-refractivity contribution in [3.8, 4) is 0 Å². The van der Waals surface area contributed by atoms with Gasteiger partial charge in [-0.25, -0.2) is 4.79 Å². The van der Waals surface area contributed by atoms with E-state index in [1.165, 1.54) is 12.1 Å². The van der Waals surface area contributed by atoms with Crippen LogP contribution in [0.15, 0.2) is 24.3 Å². The van der Waals surface area contributed by atoms with Crippen LogP contribution < -0.4 is 11.1 Å². The maximum atomic E-state index is 11.9. The number of benzene rings is 1. The number of rotatable bonds is 7. The van der Waals surface area contributed by atoms with E-state index in [0.29, 0.717) is 5.56 Å². The molecule has 5 N–H and O–H groups in total. The van der Waals surface area contributed by atoms with Crippen molar-refractivity contribution in [2.24, 2.45) is 5.73 Å². The van der Waals surface area contributed by atoms with Crippen LogP contribution >= 0.6 is 0 Å². The molecule has 1 aromatic carbocycles. The highest BCUT2D eigenvalue weighted by atomic mass is 16.4. The van der Waals surface area contributed by atoms with Gasteiger partial charge in [0.2, 0.25) is 5.91 Å². The summed E-state index contributed by atoms with van der Waals surface area (Å²) in [5.74, 6) is -2.42. The first-order valence-electron chi connectivity index (χ1n) is 5.95. The number of amides is 2. The van der Waals surface area contributed by atoms with Crippen molar-refractivity contribution < 1.29 is 24.6 Å². The molecule has 0 unspecified atom stereocenters. The van der Waals surface area contributed by atoms with Gasteiger partial charge < -0.3 is 21.3 Å². The first kappa shape index (κ1) is 15.6. The summed E-state index contributed by atoms with van der Waals surface area (Å²) in [5.41, 5.74) is 5.86. The van der Waals surface area contributed by atoms with Crippen molar-refractivity contribution in [2.45, 2.75) is 25.5 Å². The number of carboxylic acids is 1. The number of aliphatic carboxylic acids is 1. The zero-order chi connectivity index (χ0) is 15.1. The van der Waals surface area contributed by atoms with E-state index in [1.54, 1.807) is 12.1 Å². The Morgan fingerprint density at radius 1 is 1.20 bits per heavy atom. The molecule has 0 aliphatic rings. The van der Waals surface area contributed by atoms with Crippen LogP contribution in [0.5, 0.6) is 0 Å². The zero-order valence-electron chi connectivity index (χ0n) is 10.7. The highest BCUT2D eigenvalue weighted by Crippen LogP contribution is 2.06. The van der Waals surface area contributed by atoms with Crippen LogP contribution in [0.4, 0.5) is 0 Å². The summed E-state index contributed by atoms with van der Waals surface area (Å²) in [6.07, 6.45) is -0.189. The number of carbonyl (C=O) groups is 3. The van der Waals surface area contributed by atoms with E-state index in [2.05, 4.69) is 5.32 Å². The summed E-state index contributed by atoms with van der Waals surface area (Å²) in [4.78, 5) is 33.5. The SMILES string of the molecule is NC(=O)CC[C@H](NC(=O)c1ccc(CO)cc1)C(=O)O. The summed E-state index contributed by atoms with van der Waals surface area (Å²) in [6, 6.07) is 4.91. The minimum atomic E-state index is -1.23. The summed E-state index contributed by atoms with van der Waals surface area (Å²) in [7, 11) is 0. The van der Waals surface area contributed by atoms with E-state index >= 15 is 0 Å². The number of aliphatic hydroxyl groups excluding tert-OH is 1. The second kappa shape index (κ2) is 7.25. The Morgan fingerprint density at radius 2 is 1.80 bits per heavy atom. The van der Waals surface area contributed by atoms with Crippen LogP contribution in [0.2, 0.25) is 0 Å². The average Bonchev–Trinajstić information content (AvgIpc) is 2.42. The number of carbonyl (C=O) groups excluding carboxylic acids is 2. The second-order valence-electron chi connectivity index (χ2n) is 4.22. The largest absolute Gasteiger partial charge is 0.480 e. The van der Waals surface area contributed by atoms with Crippen LogP contribution in [0.3, 0.4) is 0 Å². The van der Waals surface area contributed by atoms with Crippen molar-refractivity contribution in [3.63, 3.8) is 0 Å². The first-order valence-corrected chi connectivity index (χ1v) is 5.95. The van der Waals surface area contributed by atoms with Gasteiger partial charge in [0.1, 0.15) is 6.04 Å².